The third-order valence-corrected chi connectivity index (χ3v) is 4.19. The Balaban J connectivity index is 1.53. The lowest BCUT2D eigenvalue weighted by atomic mass is 10.0. The van der Waals surface area contributed by atoms with Crippen molar-refractivity contribution in [1.82, 2.24) is 5.43 Å². The Morgan fingerprint density at radius 1 is 0.857 bits per heavy atom. The van der Waals surface area contributed by atoms with Crippen molar-refractivity contribution in [2.45, 2.75) is 6.92 Å². The van der Waals surface area contributed by atoms with Crippen LogP contribution >= 0.6 is 0 Å². The Morgan fingerprint density at radius 2 is 1.46 bits per heavy atom. The fraction of sp³-hybridized carbons (Fsp3) is 0.130. The Kier molecular flexibility index (Phi) is 6.41. The fourth-order valence-corrected chi connectivity index (χ4v) is 2.60. The number of ether oxygens (including phenoxy) is 2. The maximum atomic E-state index is 11.9. The molecule has 0 atom stereocenters. The number of hydrazone groups is 1. The number of benzene rings is 3. The largest absolute Gasteiger partial charge is 0.497 e. The van der Waals surface area contributed by atoms with Gasteiger partial charge in [-0.3, -0.25) is 4.79 Å². The second-order valence-electron chi connectivity index (χ2n) is 6.14. The molecule has 142 valence electrons. The number of nitrogens with zero attached hydrogens (tertiary/aromatic N) is 1. The number of nitrogens with one attached hydrogen (secondary N) is 1. The number of hydrogen-bond acceptors (Lipinski definition) is 4. The first-order valence-electron chi connectivity index (χ1n) is 8.91. The summed E-state index contributed by atoms with van der Waals surface area (Å²) in [4.78, 5) is 11.9. The van der Waals surface area contributed by atoms with Crippen LogP contribution in [0.15, 0.2) is 84.0 Å². The number of carbonyl (C=O) groups excluding carboxylic acids is 1. The van der Waals surface area contributed by atoms with Gasteiger partial charge in [-0.2, -0.15) is 5.10 Å². The first-order valence-corrected chi connectivity index (χ1v) is 8.91. The lowest BCUT2D eigenvalue weighted by Gasteiger charge is -2.07. The molecule has 0 aromatic heterocycles. The van der Waals surface area contributed by atoms with Crippen molar-refractivity contribution in [3.8, 4) is 22.6 Å². The minimum atomic E-state index is -0.323. The standard InChI is InChI=1S/C23H22N2O3/c1-17(18-8-10-20(11-9-18)19-6-4-3-5-7-19)24-25-23(26)16-28-22-14-12-21(27-2)13-15-22/h3-15H,16H2,1-2H3,(H,25,26). The van der Waals surface area contributed by atoms with Crippen LogP contribution in [0.5, 0.6) is 11.5 Å². The lowest BCUT2D eigenvalue weighted by Crippen LogP contribution is -2.25. The summed E-state index contributed by atoms with van der Waals surface area (Å²) in [5, 5.41) is 4.15. The molecule has 0 bridgehead atoms. The van der Waals surface area contributed by atoms with Crippen molar-refractivity contribution in [1.29, 1.82) is 0 Å². The molecule has 3 aromatic rings. The van der Waals surface area contributed by atoms with Gasteiger partial charge >= 0.3 is 0 Å². The summed E-state index contributed by atoms with van der Waals surface area (Å²) in [7, 11) is 1.60. The average Bonchev–Trinajstić information content (AvgIpc) is 2.77. The van der Waals surface area contributed by atoms with Gasteiger partial charge in [-0.15, -0.1) is 0 Å². The second kappa shape index (κ2) is 9.37. The van der Waals surface area contributed by atoms with E-state index in [1.54, 1.807) is 31.4 Å². The summed E-state index contributed by atoms with van der Waals surface area (Å²) in [5.74, 6) is 1.000. The number of rotatable bonds is 7. The van der Waals surface area contributed by atoms with E-state index in [4.69, 9.17) is 9.47 Å². The molecule has 28 heavy (non-hydrogen) atoms. The van der Waals surface area contributed by atoms with Crippen LogP contribution in [0.4, 0.5) is 0 Å². The molecule has 0 saturated heterocycles. The molecule has 3 aromatic carbocycles. The fourth-order valence-electron chi connectivity index (χ4n) is 2.60. The maximum Gasteiger partial charge on any atom is 0.277 e. The van der Waals surface area contributed by atoms with Gasteiger partial charge in [0.2, 0.25) is 0 Å². The van der Waals surface area contributed by atoms with E-state index in [0.29, 0.717) is 5.75 Å². The van der Waals surface area contributed by atoms with Crippen molar-refractivity contribution in [3.63, 3.8) is 0 Å². The summed E-state index contributed by atoms with van der Waals surface area (Å²) in [6.45, 7) is 1.73. The highest BCUT2D eigenvalue weighted by Crippen LogP contribution is 2.19. The monoisotopic (exact) mass is 374 g/mol. The molecule has 0 aliphatic carbocycles. The zero-order valence-corrected chi connectivity index (χ0v) is 15.9. The van der Waals surface area contributed by atoms with E-state index >= 15 is 0 Å². The Hall–Kier alpha value is -3.60. The molecule has 0 spiro atoms. The van der Waals surface area contributed by atoms with Gasteiger partial charge in [0.15, 0.2) is 6.61 Å². The van der Waals surface area contributed by atoms with Gasteiger partial charge in [0.25, 0.3) is 5.91 Å². The van der Waals surface area contributed by atoms with Gasteiger partial charge in [0.1, 0.15) is 11.5 Å². The van der Waals surface area contributed by atoms with Gasteiger partial charge in [-0.25, -0.2) is 5.43 Å². The van der Waals surface area contributed by atoms with Crippen molar-refractivity contribution in [3.05, 3.63) is 84.4 Å². The van der Waals surface area contributed by atoms with Crippen LogP contribution in [0.25, 0.3) is 11.1 Å². The summed E-state index contributed by atoms with van der Waals surface area (Å²) in [5.41, 5.74) is 6.47. The molecule has 0 aliphatic rings. The Labute approximate surface area is 164 Å². The van der Waals surface area contributed by atoms with Crippen molar-refractivity contribution in [2.24, 2.45) is 5.10 Å². The smallest absolute Gasteiger partial charge is 0.277 e. The van der Waals surface area contributed by atoms with Crippen LogP contribution in [0, 0.1) is 0 Å². The van der Waals surface area contributed by atoms with Crippen LogP contribution < -0.4 is 14.9 Å². The van der Waals surface area contributed by atoms with Crippen molar-refractivity contribution in [2.75, 3.05) is 13.7 Å². The first-order chi connectivity index (χ1) is 13.7. The Morgan fingerprint density at radius 3 is 2.11 bits per heavy atom. The summed E-state index contributed by atoms with van der Waals surface area (Å²) < 4.78 is 10.5. The molecule has 1 amide bonds. The molecule has 0 fully saturated rings. The summed E-state index contributed by atoms with van der Waals surface area (Å²) in [6, 6.07) is 25.2. The molecular weight excluding hydrogens is 352 g/mol. The Bertz CT molecular complexity index is 934. The molecule has 1 N–H and O–H groups in total. The van der Waals surface area contributed by atoms with Gasteiger partial charge in [-0.1, -0.05) is 54.6 Å². The zero-order valence-electron chi connectivity index (χ0n) is 15.9. The summed E-state index contributed by atoms with van der Waals surface area (Å²) >= 11 is 0. The zero-order chi connectivity index (χ0) is 19.8. The minimum absolute atomic E-state index is 0.115. The normalized spacial score (nSPS) is 11.0. The van der Waals surface area contributed by atoms with E-state index in [2.05, 4.69) is 22.7 Å². The molecule has 0 aliphatic heterocycles. The molecular formula is C23H22N2O3. The van der Waals surface area contributed by atoms with Crippen LogP contribution in [-0.2, 0) is 4.79 Å². The highest BCUT2D eigenvalue weighted by atomic mass is 16.5. The second-order valence-corrected chi connectivity index (χ2v) is 6.14. The molecule has 0 radical (unpaired) electrons. The summed E-state index contributed by atoms with van der Waals surface area (Å²) in [6.07, 6.45) is 0. The average molecular weight is 374 g/mol. The number of methoxy groups -OCH3 is 1. The van der Waals surface area contributed by atoms with E-state index in [9.17, 15) is 4.79 Å². The van der Waals surface area contributed by atoms with Gasteiger partial charge in [0.05, 0.1) is 12.8 Å². The van der Waals surface area contributed by atoms with Crippen LogP contribution in [0.2, 0.25) is 0 Å². The predicted molar refractivity (Wildman–Crippen MR) is 111 cm³/mol. The minimum Gasteiger partial charge on any atom is -0.497 e. The molecule has 3 rings (SSSR count). The first kappa shape index (κ1) is 19.2. The SMILES string of the molecule is COc1ccc(OCC(=O)NN=C(C)c2ccc(-c3ccccc3)cc2)cc1. The number of amides is 1. The third kappa shape index (κ3) is 5.20. The predicted octanol–water partition coefficient (Wildman–Crippen LogP) is 4.28. The van der Waals surface area contributed by atoms with Crippen molar-refractivity contribution < 1.29 is 14.3 Å². The quantitative estimate of drug-likeness (QED) is 0.496. The van der Waals surface area contributed by atoms with Crippen LogP contribution in [-0.4, -0.2) is 25.3 Å². The topological polar surface area (TPSA) is 59.9 Å². The van der Waals surface area contributed by atoms with Gasteiger partial charge < -0.3 is 9.47 Å². The van der Waals surface area contributed by atoms with E-state index in [1.807, 2.05) is 49.4 Å². The molecule has 5 heteroatoms. The van der Waals surface area contributed by atoms with Gasteiger partial charge in [-0.05, 0) is 47.9 Å². The third-order valence-electron chi connectivity index (χ3n) is 4.19. The molecule has 5 nitrogen and oxygen atoms in total. The van der Waals surface area contributed by atoms with E-state index in [-0.39, 0.29) is 12.5 Å². The van der Waals surface area contributed by atoms with Gasteiger partial charge in [0, 0.05) is 0 Å². The molecule has 0 heterocycles. The molecule has 0 saturated carbocycles. The van der Waals surface area contributed by atoms with Crippen LogP contribution in [0.3, 0.4) is 0 Å². The maximum absolute atomic E-state index is 11.9. The lowest BCUT2D eigenvalue weighted by molar-refractivity contribution is -0.123. The van der Waals surface area contributed by atoms with Crippen LogP contribution in [0.1, 0.15) is 12.5 Å². The van der Waals surface area contributed by atoms with Crippen molar-refractivity contribution >= 4 is 11.6 Å². The number of hydrogen-bond donors (Lipinski definition) is 1. The molecule has 0 unspecified atom stereocenters. The van der Waals surface area contributed by atoms with E-state index in [1.165, 1.54) is 0 Å². The highest BCUT2D eigenvalue weighted by Gasteiger charge is 2.04. The highest BCUT2D eigenvalue weighted by molar-refractivity contribution is 5.99. The van der Waals surface area contributed by atoms with E-state index < -0.39 is 0 Å². The van der Waals surface area contributed by atoms with E-state index in [0.717, 1.165) is 28.2 Å². The number of carbonyl (C=O) groups is 1.